The van der Waals surface area contributed by atoms with Gasteiger partial charge in [-0.05, 0) is 24.6 Å². The summed E-state index contributed by atoms with van der Waals surface area (Å²) in [5.74, 6) is 2.01. The van der Waals surface area contributed by atoms with Crippen LogP contribution in [0.25, 0.3) is 0 Å². The van der Waals surface area contributed by atoms with Crippen LogP contribution in [0.3, 0.4) is 0 Å². The van der Waals surface area contributed by atoms with Crippen molar-refractivity contribution >= 4 is 33.7 Å². The third-order valence-corrected chi connectivity index (χ3v) is 5.46. The quantitative estimate of drug-likeness (QED) is 0.843. The molecule has 1 aliphatic rings. The van der Waals surface area contributed by atoms with E-state index < -0.39 is 10.8 Å². The summed E-state index contributed by atoms with van der Waals surface area (Å²) in [6, 6.07) is 4.14. The van der Waals surface area contributed by atoms with Crippen molar-refractivity contribution in [1.82, 2.24) is 5.32 Å². The highest BCUT2D eigenvalue weighted by Gasteiger charge is 2.22. The van der Waals surface area contributed by atoms with Crippen LogP contribution in [-0.4, -0.2) is 22.3 Å². The molecule has 2 heterocycles. The van der Waals surface area contributed by atoms with Gasteiger partial charge in [0.25, 0.3) is 0 Å². The van der Waals surface area contributed by atoms with Gasteiger partial charge in [-0.25, -0.2) is 0 Å². The van der Waals surface area contributed by atoms with Gasteiger partial charge in [-0.1, -0.05) is 18.5 Å². The number of thiophene rings is 1. The third kappa shape index (κ3) is 3.03. The van der Waals surface area contributed by atoms with Crippen LogP contribution >= 0.6 is 22.9 Å². The first-order valence-electron chi connectivity index (χ1n) is 4.98. The second-order valence-electron chi connectivity index (χ2n) is 3.98. The smallest absolute Gasteiger partial charge is 0.0931 e. The first-order valence-corrected chi connectivity index (χ1v) is 7.67. The summed E-state index contributed by atoms with van der Waals surface area (Å²) in [6.07, 6.45) is 0. The van der Waals surface area contributed by atoms with E-state index in [9.17, 15) is 4.21 Å². The molecule has 0 saturated carbocycles. The number of hydrogen-bond acceptors (Lipinski definition) is 3. The monoisotopic (exact) mass is 263 g/mol. The lowest BCUT2D eigenvalue weighted by molar-refractivity contribution is 0.522. The summed E-state index contributed by atoms with van der Waals surface area (Å²) < 4.78 is 12.5. The zero-order valence-corrected chi connectivity index (χ0v) is 10.9. The molecular formula is C10H14ClNOS2. The van der Waals surface area contributed by atoms with Crippen LogP contribution in [0, 0.1) is 5.92 Å². The van der Waals surface area contributed by atoms with E-state index in [4.69, 9.17) is 11.6 Å². The predicted molar refractivity (Wildman–Crippen MR) is 67.1 cm³/mol. The van der Waals surface area contributed by atoms with Crippen LogP contribution in [0.15, 0.2) is 12.1 Å². The van der Waals surface area contributed by atoms with Crippen molar-refractivity contribution in [3.05, 3.63) is 21.3 Å². The van der Waals surface area contributed by atoms with Crippen molar-refractivity contribution in [3.63, 3.8) is 0 Å². The first kappa shape index (κ1) is 11.6. The minimum atomic E-state index is -0.708. The SMILES string of the molecule is CC1CNC(c2ccc(Cl)s2)CS(=O)C1. The number of rotatable bonds is 1. The maximum atomic E-state index is 11.7. The van der Waals surface area contributed by atoms with Gasteiger partial charge in [0.05, 0.1) is 10.4 Å². The van der Waals surface area contributed by atoms with Gasteiger partial charge in [-0.2, -0.15) is 0 Å². The van der Waals surface area contributed by atoms with Crippen LogP contribution in [-0.2, 0) is 10.8 Å². The normalized spacial score (nSPS) is 32.5. The van der Waals surface area contributed by atoms with E-state index in [1.807, 2.05) is 12.1 Å². The Morgan fingerprint density at radius 1 is 1.53 bits per heavy atom. The standard InChI is InChI=1S/C10H14ClNOS2/c1-7-4-12-8(6-15(13)5-7)9-2-3-10(11)14-9/h2-3,7-8,12H,4-6H2,1H3. The summed E-state index contributed by atoms with van der Waals surface area (Å²) in [4.78, 5) is 1.20. The summed E-state index contributed by atoms with van der Waals surface area (Å²) in [5, 5.41) is 3.45. The largest absolute Gasteiger partial charge is 0.308 e. The Bertz CT molecular complexity index is 366. The number of nitrogens with one attached hydrogen (secondary N) is 1. The van der Waals surface area contributed by atoms with Crippen molar-refractivity contribution in [2.75, 3.05) is 18.1 Å². The molecule has 1 N–H and O–H groups in total. The molecule has 15 heavy (non-hydrogen) atoms. The Labute approximate surface area is 101 Å². The zero-order valence-electron chi connectivity index (χ0n) is 8.53. The average molecular weight is 264 g/mol. The summed E-state index contributed by atoms with van der Waals surface area (Å²) in [5.41, 5.74) is 0. The Balaban J connectivity index is 2.12. The minimum absolute atomic E-state index is 0.216. The molecule has 1 fully saturated rings. The lowest BCUT2D eigenvalue weighted by Crippen LogP contribution is -2.25. The molecule has 0 aromatic carbocycles. The number of halogens is 1. The van der Waals surface area contributed by atoms with Crippen LogP contribution in [0.1, 0.15) is 17.8 Å². The summed E-state index contributed by atoms with van der Waals surface area (Å²) in [6.45, 7) is 3.07. The van der Waals surface area contributed by atoms with E-state index in [1.54, 1.807) is 11.3 Å². The van der Waals surface area contributed by atoms with E-state index in [2.05, 4.69) is 12.2 Å². The molecule has 0 amide bonds. The highest BCUT2D eigenvalue weighted by atomic mass is 35.5. The second kappa shape index (κ2) is 4.95. The van der Waals surface area contributed by atoms with Crippen LogP contribution in [0.2, 0.25) is 4.34 Å². The van der Waals surface area contributed by atoms with Gasteiger partial charge in [-0.3, -0.25) is 4.21 Å². The average Bonchev–Trinajstić information content (AvgIpc) is 2.51. The molecule has 5 heteroatoms. The Kier molecular flexibility index (Phi) is 3.83. The fourth-order valence-corrected chi connectivity index (χ4v) is 4.53. The van der Waals surface area contributed by atoms with E-state index >= 15 is 0 Å². The summed E-state index contributed by atoms with van der Waals surface area (Å²) >= 11 is 7.48. The van der Waals surface area contributed by atoms with E-state index in [0.29, 0.717) is 11.7 Å². The second-order valence-corrected chi connectivity index (χ2v) is 7.27. The van der Waals surface area contributed by atoms with Gasteiger partial charge in [0.1, 0.15) is 0 Å². The molecular weight excluding hydrogens is 250 g/mol. The Morgan fingerprint density at radius 3 is 3.00 bits per heavy atom. The van der Waals surface area contributed by atoms with Crippen molar-refractivity contribution in [1.29, 1.82) is 0 Å². The maximum absolute atomic E-state index is 11.7. The number of hydrogen-bond donors (Lipinski definition) is 1. The van der Waals surface area contributed by atoms with Gasteiger partial charge < -0.3 is 5.32 Å². The topological polar surface area (TPSA) is 29.1 Å². The van der Waals surface area contributed by atoms with Gasteiger partial charge in [0, 0.05) is 27.2 Å². The zero-order chi connectivity index (χ0) is 10.8. The van der Waals surface area contributed by atoms with Gasteiger partial charge in [0.15, 0.2) is 0 Å². The molecule has 2 nitrogen and oxygen atoms in total. The van der Waals surface area contributed by atoms with Crippen LogP contribution in [0.4, 0.5) is 0 Å². The van der Waals surface area contributed by atoms with Crippen LogP contribution < -0.4 is 5.32 Å². The Hall–Kier alpha value is 0.1000. The highest BCUT2D eigenvalue weighted by Crippen LogP contribution is 2.28. The third-order valence-electron chi connectivity index (χ3n) is 2.47. The van der Waals surface area contributed by atoms with Crippen molar-refractivity contribution < 1.29 is 4.21 Å². The maximum Gasteiger partial charge on any atom is 0.0931 e. The fourth-order valence-electron chi connectivity index (χ4n) is 1.73. The van der Waals surface area contributed by atoms with Gasteiger partial charge >= 0.3 is 0 Å². The molecule has 1 aliphatic heterocycles. The van der Waals surface area contributed by atoms with E-state index in [1.165, 1.54) is 4.88 Å². The molecule has 3 atom stereocenters. The lowest BCUT2D eigenvalue weighted by Gasteiger charge is -2.13. The van der Waals surface area contributed by atoms with Crippen molar-refractivity contribution in [2.45, 2.75) is 13.0 Å². The molecule has 3 unspecified atom stereocenters. The molecule has 1 aromatic heterocycles. The molecule has 1 aromatic rings. The highest BCUT2D eigenvalue weighted by molar-refractivity contribution is 7.85. The molecule has 84 valence electrons. The fraction of sp³-hybridized carbons (Fsp3) is 0.600. The molecule has 0 bridgehead atoms. The summed E-state index contributed by atoms with van der Waals surface area (Å²) in [7, 11) is -0.708. The molecule has 0 radical (unpaired) electrons. The Morgan fingerprint density at radius 2 is 2.33 bits per heavy atom. The van der Waals surface area contributed by atoms with E-state index in [-0.39, 0.29) is 6.04 Å². The first-order chi connectivity index (χ1) is 7.15. The van der Waals surface area contributed by atoms with Crippen molar-refractivity contribution in [3.8, 4) is 0 Å². The predicted octanol–water partition coefficient (Wildman–Crippen LogP) is 2.43. The minimum Gasteiger partial charge on any atom is -0.308 e. The van der Waals surface area contributed by atoms with E-state index in [0.717, 1.165) is 16.6 Å². The van der Waals surface area contributed by atoms with Crippen molar-refractivity contribution in [2.24, 2.45) is 5.92 Å². The molecule has 2 rings (SSSR count). The lowest BCUT2D eigenvalue weighted by atomic mass is 10.2. The van der Waals surface area contributed by atoms with Crippen LogP contribution in [0.5, 0.6) is 0 Å². The molecule has 1 saturated heterocycles. The van der Waals surface area contributed by atoms with Gasteiger partial charge in [0.2, 0.25) is 0 Å². The molecule has 0 aliphatic carbocycles. The van der Waals surface area contributed by atoms with Gasteiger partial charge in [-0.15, -0.1) is 11.3 Å². The molecule has 0 spiro atoms.